The summed E-state index contributed by atoms with van der Waals surface area (Å²) in [6, 6.07) is 0. The highest BCUT2D eigenvalue weighted by atomic mass is 32.2. The molecule has 0 amide bonds. The molecule has 16 heavy (non-hydrogen) atoms. The van der Waals surface area contributed by atoms with Gasteiger partial charge in [0, 0.05) is 22.8 Å². The van der Waals surface area contributed by atoms with Gasteiger partial charge in [0.05, 0.1) is 0 Å². The predicted molar refractivity (Wildman–Crippen MR) is 52.4 cm³/mol. The third-order valence-corrected chi connectivity index (χ3v) is 3.47. The number of halogens is 4. The minimum absolute atomic E-state index is 0.0253. The lowest BCUT2D eigenvalue weighted by Crippen LogP contribution is -2.19. The monoisotopic (exact) mass is 252 g/mol. The van der Waals surface area contributed by atoms with Gasteiger partial charge in [-0.25, -0.2) is 4.39 Å². The summed E-state index contributed by atoms with van der Waals surface area (Å²) < 4.78 is 50.0. The van der Waals surface area contributed by atoms with Crippen LogP contribution >= 0.6 is 11.8 Å². The van der Waals surface area contributed by atoms with Crippen LogP contribution in [0.15, 0.2) is 22.6 Å². The van der Waals surface area contributed by atoms with Gasteiger partial charge in [0.2, 0.25) is 0 Å². The summed E-state index contributed by atoms with van der Waals surface area (Å²) >= 11 is -0.335. The van der Waals surface area contributed by atoms with E-state index in [0.29, 0.717) is 6.42 Å². The Kier molecular flexibility index (Phi) is 2.86. The van der Waals surface area contributed by atoms with Crippen molar-refractivity contribution >= 4 is 17.5 Å². The highest BCUT2D eigenvalue weighted by molar-refractivity contribution is 8.04. The van der Waals surface area contributed by atoms with Gasteiger partial charge in [-0.05, 0) is 30.3 Å². The second-order valence-corrected chi connectivity index (χ2v) is 4.80. The van der Waals surface area contributed by atoms with Gasteiger partial charge in [0.1, 0.15) is 6.17 Å². The summed E-state index contributed by atoms with van der Waals surface area (Å²) in [5.41, 5.74) is -4.42. The number of carbonyl (C=O) groups excluding carboxylic acids is 1. The lowest BCUT2D eigenvalue weighted by molar-refractivity contribution is -0.114. The number of Topliss-reactive ketones (excluding diaryl/α,β-unsaturated/α-hetero) is 1. The molecule has 1 nitrogen and oxygen atoms in total. The lowest BCUT2D eigenvalue weighted by atomic mass is 9.92. The van der Waals surface area contributed by atoms with Crippen LogP contribution in [0.3, 0.4) is 0 Å². The molecule has 2 aliphatic carbocycles. The van der Waals surface area contributed by atoms with Crippen LogP contribution in [0.4, 0.5) is 17.6 Å². The number of fused-ring (bicyclic) bond motifs is 1. The molecule has 2 unspecified atom stereocenters. The van der Waals surface area contributed by atoms with E-state index in [4.69, 9.17) is 0 Å². The molecule has 1 saturated carbocycles. The Hall–Kier alpha value is -0.780. The van der Waals surface area contributed by atoms with Crippen molar-refractivity contribution in [3.63, 3.8) is 0 Å². The second-order valence-electron chi connectivity index (χ2n) is 3.70. The van der Waals surface area contributed by atoms with Crippen molar-refractivity contribution < 1.29 is 22.4 Å². The van der Waals surface area contributed by atoms with E-state index < -0.39 is 17.6 Å². The molecule has 0 bridgehead atoms. The van der Waals surface area contributed by atoms with Crippen LogP contribution in [0.5, 0.6) is 0 Å². The number of thioether (sulfide) groups is 1. The molecule has 1 fully saturated rings. The van der Waals surface area contributed by atoms with E-state index in [0.717, 1.165) is 12.2 Å². The molecule has 0 aromatic heterocycles. The van der Waals surface area contributed by atoms with Crippen molar-refractivity contribution in [1.29, 1.82) is 0 Å². The Morgan fingerprint density at radius 2 is 2.06 bits per heavy atom. The topological polar surface area (TPSA) is 17.1 Å². The molecule has 0 aromatic carbocycles. The minimum atomic E-state index is -4.44. The molecule has 2 rings (SSSR count). The number of rotatable bonds is 1. The van der Waals surface area contributed by atoms with Crippen molar-refractivity contribution in [2.75, 3.05) is 0 Å². The molecule has 0 heterocycles. The highest BCUT2D eigenvalue weighted by Crippen LogP contribution is 2.46. The van der Waals surface area contributed by atoms with Gasteiger partial charge >= 0.3 is 5.51 Å². The van der Waals surface area contributed by atoms with Gasteiger partial charge in [-0.15, -0.1) is 0 Å². The molecule has 2 aliphatic rings. The molecular weight excluding hydrogens is 244 g/mol. The summed E-state index contributed by atoms with van der Waals surface area (Å²) in [4.78, 5) is 11.3. The number of alkyl halides is 4. The summed E-state index contributed by atoms with van der Waals surface area (Å²) in [6.07, 6.45) is 1.28. The lowest BCUT2D eigenvalue weighted by Gasteiger charge is -2.21. The standard InChI is InChI=1S/C10H8F4OS/c11-6-2-4-8(16-10(12,13)14)9-5(6)1-3-7(9)15/h2,4-6H,1,3H2. The van der Waals surface area contributed by atoms with Gasteiger partial charge in [-0.3, -0.25) is 4.79 Å². The largest absolute Gasteiger partial charge is 0.446 e. The van der Waals surface area contributed by atoms with E-state index in [1.165, 1.54) is 0 Å². The van der Waals surface area contributed by atoms with Gasteiger partial charge in [-0.1, -0.05) is 0 Å². The van der Waals surface area contributed by atoms with Gasteiger partial charge < -0.3 is 0 Å². The average Bonchev–Trinajstić information content (AvgIpc) is 2.52. The van der Waals surface area contributed by atoms with Gasteiger partial charge in [0.25, 0.3) is 0 Å². The van der Waals surface area contributed by atoms with Crippen LogP contribution in [0.2, 0.25) is 0 Å². The SMILES string of the molecule is O=C1CCC2C1=C(SC(F)(F)F)C=CC2F. The summed E-state index contributed by atoms with van der Waals surface area (Å²) in [5, 5.41) is 0. The summed E-state index contributed by atoms with van der Waals surface area (Å²) in [5.74, 6) is -1.04. The van der Waals surface area contributed by atoms with Crippen LogP contribution in [0.25, 0.3) is 0 Å². The van der Waals surface area contributed by atoms with E-state index in [9.17, 15) is 22.4 Å². The first kappa shape index (κ1) is 11.7. The fourth-order valence-electron chi connectivity index (χ4n) is 2.03. The molecule has 0 aliphatic heterocycles. The predicted octanol–water partition coefficient (Wildman–Crippen LogP) is 3.38. The molecule has 0 N–H and O–H groups in total. The Balaban J connectivity index is 2.34. The van der Waals surface area contributed by atoms with Crippen LogP contribution < -0.4 is 0 Å². The quantitative estimate of drug-likeness (QED) is 0.665. The fourth-order valence-corrected chi connectivity index (χ4v) is 2.80. The van der Waals surface area contributed by atoms with Crippen LogP contribution in [0.1, 0.15) is 12.8 Å². The number of hydrogen-bond donors (Lipinski definition) is 0. The molecule has 0 saturated heterocycles. The average molecular weight is 252 g/mol. The fraction of sp³-hybridized carbons (Fsp3) is 0.500. The molecule has 88 valence electrons. The van der Waals surface area contributed by atoms with Crippen molar-refractivity contribution in [3.05, 3.63) is 22.6 Å². The zero-order chi connectivity index (χ0) is 11.9. The Morgan fingerprint density at radius 1 is 1.38 bits per heavy atom. The number of allylic oxidation sites excluding steroid dienone is 3. The van der Waals surface area contributed by atoms with Crippen molar-refractivity contribution in [1.82, 2.24) is 0 Å². The van der Waals surface area contributed by atoms with Gasteiger partial charge in [-0.2, -0.15) is 13.2 Å². The van der Waals surface area contributed by atoms with Crippen LogP contribution in [0, 0.1) is 5.92 Å². The van der Waals surface area contributed by atoms with Crippen LogP contribution in [-0.4, -0.2) is 17.5 Å². The maximum atomic E-state index is 13.4. The zero-order valence-corrected chi connectivity index (χ0v) is 8.87. The minimum Gasteiger partial charge on any atom is -0.294 e. The first-order valence-electron chi connectivity index (χ1n) is 4.74. The summed E-state index contributed by atoms with van der Waals surface area (Å²) in [6.45, 7) is 0. The van der Waals surface area contributed by atoms with Crippen molar-refractivity contribution in [2.45, 2.75) is 24.5 Å². The van der Waals surface area contributed by atoms with Gasteiger partial charge in [0.15, 0.2) is 5.78 Å². The maximum Gasteiger partial charge on any atom is 0.446 e. The molecular formula is C10H8F4OS. The number of hydrogen-bond acceptors (Lipinski definition) is 2. The Labute approximate surface area is 93.6 Å². The third-order valence-electron chi connectivity index (χ3n) is 2.66. The Morgan fingerprint density at radius 3 is 2.69 bits per heavy atom. The number of carbonyl (C=O) groups is 1. The third kappa shape index (κ3) is 2.16. The van der Waals surface area contributed by atoms with E-state index in [-0.39, 0.29) is 34.4 Å². The maximum absolute atomic E-state index is 13.4. The van der Waals surface area contributed by atoms with Crippen LogP contribution in [-0.2, 0) is 4.79 Å². The molecule has 0 aromatic rings. The smallest absolute Gasteiger partial charge is 0.294 e. The molecule has 6 heteroatoms. The molecule has 0 radical (unpaired) electrons. The zero-order valence-electron chi connectivity index (χ0n) is 8.05. The Bertz CT molecular complexity index is 383. The first-order chi connectivity index (χ1) is 7.38. The first-order valence-corrected chi connectivity index (χ1v) is 5.55. The van der Waals surface area contributed by atoms with E-state index in [1.54, 1.807) is 0 Å². The normalized spacial score (nSPS) is 29.9. The highest BCUT2D eigenvalue weighted by Gasteiger charge is 2.41. The molecule has 2 atom stereocenters. The van der Waals surface area contributed by atoms with Crippen molar-refractivity contribution in [2.24, 2.45) is 5.92 Å². The summed E-state index contributed by atoms with van der Waals surface area (Å²) in [7, 11) is 0. The van der Waals surface area contributed by atoms with E-state index in [1.807, 2.05) is 0 Å². The van der Waals surface area contributed by atoms with Crippen molar-refractivity contribution in [3.8, 4) is 0 Å². The van der Waals surface area contributed by atoms with E-state index in [2.05, 4.69) is 0 Å². The molecule has 0 spiro atoms. The second kappa shape index (κ2) is 3.91. The number of ketones is 1. The van der Waals surface area contributed by atoms with E-state index >= 15 is 0 Å².